The molecule has 0 radical (unpaired) electrons. The summed E-state index contributed by atoms with van der Waals surface area (Å²) in [6.45, 7) is 3.04. The van der Waals surface area contributed by atoms with Crippen LogP contribution in [0.3, 0.4) is 0 Å². The molecule has 1 N–H and O–H groups in total. The zero-order chi connectivity index (χ0) is 21.4. The van der Waals surface area contributed by atoms with Gasteiger partial charge < -0.3 is 14.5 Å². The summed E-state index contributed by atoms with van der Waals surface area (Å²) in [5, 5.41) is 1.07. The summed E-state index contributed by atoms with van der Waals surface area (Å²) in [6, 6.07) is 13.0. The molecule has 0 unspecified atom stereocenters. The van der Waals surface area contributed by atoms with Crippen molar-refractivity contribution in [2.45, 2.75) is 31.8 Å². The molecule has 3 aromatic heterocycles. The molecular weight excluding hydrogens is 388 g/mol. The van der Waals surface area contributed by atoms with Crippen LogP contribution >= 0.6 is 0 Å². The van der Waals surface area contributed by atoms with Gasteiger partial charge in [-0.2, -0.15) is 0 Å². The largest absolute Gasteiger partial charge is 0.348 e. The number of piperidine rings is 1. The number of amides is 1. The Kier molecular flexibility index (Phi) is 5.19. The Morgan fingerprint density at radius 3 is 2.68 bits per heavy atom. The minimum atomic E-state index is 0.0661. The van der Waals surface area contributed by atoms with E-state index in [-0.39, 0.29) is 5.91 Å². The van der Waals surface area contributed by atoms with Gasteiger partial charge in [-0.3, -0.25) is 9.69 Å². The number of nitrogens with zero attached hydrogens (tertiary/aromatic N) is 5. The quantitative estimate of drug-likeness (QED) is 0.542. The van der Waals surface area contributed by atoms with Gasteiger partial charge in [-0.1, -0.05) is 30.3 Å². The number of H-pyrrole nitrogens is 1. The highest BCUT2D eigenvalue weighted by Crippen LogP contribution is 2.32. The van der Waals surface area contributed by atoms with E-state index in [4.69, 9.17) is 4.98 Å². The van der Waals surface area contributed by atoms with Crippen LogP contribution in [0, 0.1) is 0 Å². The number of carbonyl (C=O) groups excluding carboxylic acids is 1. The molecule has 1 aliphatic rings. The summed E-state index contributed by atoms with van der Waals surface area (Å²) in [5.74, 6) is 0.905. The zero-order valence-corrected chi connectivity index (χ0v) is 18.1. The lowest BCUT2D eigenvalue weighted by Gasteiger charge is -2.33. The fraction of sp³-hybridized carbons (Fsp3) is 0.375. The maximum atomic E-state index is 12.5. The minimum absolute atomic E-state index is 0.0661. The van der Waals surface area contributed by atoms with Crippen molar-refractivity contribution >= 4 is 28.0 Å². The second-order valence-electron chi connectivity index (χ2n) is 8.59. The molecule has 31 heavy (non-hydrogen) atoms. The summed E-state index contributed by atoms with van der Waals surface area (Å²) < 4.78 is 2.33. The number of pyridine rings is 1. The van der Waals surface area contributed by atoms with Gasteiger partial charge >= 0.3 is 0 Å². The van der Waals surface area contributed by atoms with Crippen LogP contribution in [-0.2, 0) is 17.8 Å². The van der Waals surface area contributed by atoms with E-state index in [0.29, 0.717) is 12.5 Å². The lowest BCUT2D eigenvalue weighted by atomic mass is 10.0. The van der Waals surface area contributed by atoms with Gasteiger partial charge in [0.05, 0.1) is 18.1 Å². The molecule has 0 bridgehead atoms. The average Bonchev–Trinajstić information content (AvgIpc) is 3.39. The molecule has 1 amide bonds. The fourth-order valence-electron chi connectivity index (χ4n) is 4.63. The number of benzene rings is 1. The number of carbonyl (C=O) groups is 1. The van der Waals surface area contributed by atoms with Gasteiger partial charge in [0.15, 0.2) is 0 Å². The van der Waals surface area contributed by atoms with Crippen molar-refractivity contribution in [3.8, 4) is 0 Å². The molecule has 0 saturated carbocycles. The van der Waals surface area contributed by atoms with Gasteiger partial charge in [-0.05, 0) is 24.5 Å². The molecule has 5 rings (SSSR count). The molecule has 160 valence electrons. The lowest BCUT2D eigenvalue weighted by Crippen LogP contribution is -2.35. The van der Waals surface area contributed by atoms with Gasteiger partial charge in [0, 0.05) is 51.4 Å². The molecule has 1 fully saturated rings. The Labute approximate surface area is 181 Å². The summed E-state index contributed by atoms with van der Waals surface area (Å²) in [5.41, 5.74) is 4.17. The van der Waals surface area contributed by atoms with Crippen molar-refractivity contribution in [3.63, 3.8) is 0 Å². The molecule has 7 heteroatoms. The Morgan fingerprint density at radius 2 is 1.94 bits per heavy atom. The molecule has 7 nitrogen and oxygen atoms in total. The smallest absolute Gasteiger partial charge is 0.229 e. The van der Waals surface area contributed by atoms with Crippen LogP contribution in [0.4, 0.5) is 0 Å². The van der Waals surface area contributed by atoms with Crippen LogP contribution in [0.1, 0.15) is 30.3 Å². The molecule has 4 aromatic rings. The molecular formula is C24H28N6O. The van der Waals surface area contributed by atoms with Gasteiger partial charge in [0.1, 0.15) is 17.0 Å². The maximum Gasteiger partial charge on any atom is 0.229 e. The van der Waals surface area contributed by atoms with E-state index in [1.807, 2.05) is 12.4 Å². The Morgan fingerprint density at radius 1 is 1.16 bits per heavy atom. The third-order valence-corrected chi connectivity index (χ3v) is 6.29. The molecule has 1 saturated heterocycles. The first-order valence-electron chi connectivity index (χ1n) is 10.9. The van der Waals surface area contributed by atoms with Gasteiger partial charge in [-0.15, -0.1) is 0 Å². The second-order valence-corrected chi connectivity index (χ2v) is 8.59. The Bertz CT molecular complexity index is 1200. The van der Waals surface area contributed by atoms with Crippen molar-refractivity contribution in [2.24, 2.45) is 0 Å². The van der Waals surface area contributed by atoms with E-state index in [2.05, 4.69) is 55.8 Å². The van der Waals surface area contributed by atoms with Crippen molar-refractivity contribution in [2.75, 3.05) is 27.2 Å². The standard InChI is InChI=1S/C24H28N6O/c1-28(2)22(31)14-21-27-20-15-26-24-19(8-11-25-24)23(20)30(21)18-9-12-29(13-10-18)16-17-6-4-3-5-7-17/h3-8,11,15,18H,9-10,12-14,16H2,1-2H3,(H,25,26). The summed E-state index contributed by atoms with van der Waals surface area (Å²) in [6.07, 6.45) is 6.11. The number of imidazole rings is 1. The third kappa shape index (κ3) is 3.81. The van der Waals surface area contributed by atoms with Gasteiger partial charge in [0.2, 0.25) is 5.91 Å². The van der Waals surface area contributed by atoms with Crippen LogP contribution < -0.4 is 0 Å². The number of aromatic nitrogens is 4. The van der Waals surface area contributed by atoms with Crippen molar-refractivity contribution in [1.82, 2.24) is 29.3 Å². The number of hydrogen-bond donors (Lipinski definition) is 1. The van der Waals surface area contributed by atoms with E-state index in [9.17, 15) is 4.79 Å². The second kappa shape index (κ2) is 8.15. The van der Waals surface area contributed by atoms with E-state index < -0.39 is 0 Å². The molecule has 1 aliphatic heterocycles. The SMILES string of the molecule is CN(C)C(=O)Cc1nc2cnc3[nH]ccc3c2n1C1CCN(Cc2ccccc2)CC1. The maximum absolute atomic E-state index is 12.5. The first-order valence-corrected chi connectivity index (χ1v) is 10.9. The monoisotopic (exact) mass is 416 g/mol. The fourth-order valence-corrected chi connectivity index (χ4v) is 4.63. The normalized spacial score (nSPS) is 15.7. The van der Waals surface area contributed by atoms with Crippen LogP contribution in [-0.4, -0.2) is 62.4 Å². The number of hydrogen-bond acceptors (Lipinski definition) is 4. The Balaban J connectivity index is 1.46. The first-order chi connectivity index (χ1) is 15.1. The highest BCUT2D eigenvalue weighted by atomic mass is 16.2. The van der Waals surface area contributed by atoms with Crippen LogP contribution in [0.2, 0.25) is 0 Å². The molecule has 1 aromatic carbocycles. The van der Waals surface area contributed by atoms with E-state index in [1.54, 1.807) is 19.0 Å². The number of aromatic amines is 1. The number of likely N-dealkylation sites (tertiary alicyclic amines) is 1. The molecule has 0 atom stereocenters. The molecule has 0 spiro atoms. The number of fused-ring (bicyclic) bond motifs is 3. The van der Waals surface area contributed by atoms with Crippen molar-refractivity contribution < 1.29 is 4.79 Å². The predicted molar refractivity (Wildman–Crippen MR) is 122 cm³/mol. The molecule has 0 aliphatic carbocycles. The number of nitrogens with one attached hydrogen (secondary N) is 1. The summed E-state index contributed by atoms with van der Waals surface area (Å²) >= 11 is 0. The predicted octanol–water partition coefficient (Wildman–Crippen LogP) is 3.38. The van der Waals surface area contributed by atoms with Gasteiger partial charge in [0.25, 0.3) is 0 Å². The van der Waals surface area contributed by atoms with E-state index in [0.717, 1.165) is 60.4 Å². The van der Waals surface area contributed by atoms with E-state index >= 15 is 0 Å². The first kappa shape index (κ1) is 19.8. The third-order valence-electron chi connectivity index (χ3n) is 6.29. The van der Waals surface area contributed by atoms with Crippen molar-refractivity contribution in [3.05, 3.63) is 60.2 Å². The molecule has 4 heterocycles. The average molecular weight is 417 g/mol. The van der Waals surface area contributed by atoms with Crippen LogP contribution in [0.5, 0.6) is 0 Å². The van der Waals surface area contributed by atoms with Crippen LogP contribution in [0.25, 0.3) is 22.1 Å². The number of rotatable bonds is 5. The highest BCUT2D eigenvalue weighted by Gasteiger charge is 2.27. The number of likely N-dealkylation sites (N-methyl/N-ethyl adjacent to an activating group) is 1. The highest BCUT2D eigenvalue weighted by molar-refractivity contribution is 6.01. The summed E-state index contributed by atoms with van der Waals surface area (Å²) in [4.78, 5) is 29.3. The van der Waals surface area contributed by atoms with Gasteiger partial charge in [-0.25, -0.2) is 9.97 Å². The topological polar surface area (TPSA) is 70.0 Å². The lowest BCUT2D eigenvalue weighted by molar-refractivity contribution is -0.128. The van der Waals surface area contributed by atoms with Crippen molar-refractivity contribution in [1.29, 1.82) is 0 Å². The minimum Gasteiger partial charge on any atom is -0.348 e. The van der Waals surface area contributed by atoms with Crippen LogP contribution in [0.15, 0.2) is 48.8 Å². The zero-order valence-electron chi connectivity index (χ0n) is 18.1. The van der Waals surface area contributed by atoms with E-state index in [1.165, 1.54) is 5.56 Å². The summed E-state index contributed by atoms with van der Waals surface area (Å²) in [7, 11) is 3.59. The Hall–Kier alpha value is -3.19.